The highest BCUT2D eigenvalue weighted by atomic mass is 79.9. The fourth-order valence-corrected chi connectivity index (χ4v) is 3.76. The summed E-state index contributed by atoms with van der Waals surface area (Å²) in [5.41, 5.74) is 0. The van der Waals surface area contributed by atoms with Gasteiger partial charge in [0.05, 0.1) is 11.6 Å². The Kier molecular flexibility index (Phi) is 5.24. The summed E-state index contributed by atoms with van der Waals surface area (Å²) in [6.07, 6.45) is 0.712. The van der Waals surface area contributed by atoms with Crippen molar-refractivity contribution >= 4 is 37.6 Å². The summed E-state index contributed by atoms with van der Waals surface area (Å²) in [4.78, 5) is 0.0350. The molecule has 4 nitrogen and oxygen atoms in total. The lowest BCUT2D eigenvalue weighted by molar-refractivity contribution is 0.399. The number of hydrogen-bond acceptors (Lipinski definition) is 3. The molecule has 1 N–H and O–H groups in total. The van der Waals surface area contributed by atoms with Crippen molar-refractivity contribution in [1.82, 2.24) is 4.72 Å². The summed E-state index contributed by atoms with van der Waals surface area (Å²) in [5.74, 6) is 0.248. The van der Waals surface area contributed by atoms with Crippen molar-refractivity contribution < 1.29 is 13.2 Å². The van der Waals surface area contributed by atoms with Gasteiger partial charge in [-0.15, -0.1) is 0 Å². The minimum Gasteiger partial charge on any atom is -0.494 e. The van der Waals surface area contributed by atoms with Gasteiger partial charge in [-0.25, -0.2) is 13.1 Å². The molecule has 0 saturated carbocycles. The Balaban J connectivity index is 3.29. The van der Waals surface area contributed by atoms with Gasteiger partial charge < -0.3 is 4.74 Å². The van der Waals surface area contributed by atoms with E-state index in [9.17, 15) is 8.42 Å². The number of hydrogen-bond donors (Lipinski definition) is 1. The molecule has 1 aromatic rings. The third-order valence-electron chi connectivity index (χ3n) is 2.01. The molecular formula is C10H13BrClNO3S. The van der Waals surface area contributed by atoms with Crippen LogP contribution in [0.4, 0.5) is 0 Å². The predicted octanol–water partition coefficient (Wildman–Crippen LogP) is 2.80. The van der Waals surface area contributed by atoms with Crippen molar-refractivity contribution in [2.24, 2.45) is 0 Å². The largest absolute Gasteiger partial charge is 0.494 e. The van der Waals surface area contributed by atoms with Gasteiger partial charge in [-0.05, 0) is 34.5 Å². The van der Waals surface area contributed by atoms with Crippen molar-refractivity contribution in [3.63, 3.8) is 0 Å². The van der Waals surface area contributed by atoms with Crippen LogP contribution in [0.2, 0.25) is 5.02 Å². The van der Waals surface area contributed by atoms with Crippen LogP contribution in [-0.2, 0) is 10.0 Å². The third-order valence-corrected chi connectivity index (χ3v) is 4.28. The maximum absolute atomic E-state index is 12.0. The van der Waals surface area contributed by atoms with Crippen LogP contribution >= 0.6 is 27.5 Å². The summed E-state index contributed by atoms with van der Waals surface area (Å²) in [5, 5.41) is 0.328. The number of halogens is 2. The van der Waals surface area contributed by atoms with Gasteiger partial charge in [-0.1, -0.05) is 18.5 Å². The monoisotopic (exact) mass is 341 g/mol. The lowest BCUT2D eigenvalue weighted by Gasteiger charge is -2.12. The molecule has 0 bridgehead atoms. The average molecular weight is 343 g/mol. The molecule has 0 saturated heterocycles. The van der Waals surface area contributed by atoms with E-state index in [1.165, 1.54) is 13.2 Å². The van der Waals surface area contributed by atoms with Crippen LogP contribution in [0.15, 0.2) is 21.5 Å². The summed E-state index contributed by atoms with van der Waals surface area (Å²) in [7, 11) is -2.19. The van der Waals surface area contributed by atoms with Crippen LogP contribution < -0.4 is 9.46 Å². The number of methoxy groups -OCH3 is 1. The number of nitrogens with one attached hydrogen (secondary N) is 1. The summed E-state index contributed by atoms with van der Waals surface area (Å²) in [6.45, 7) is 2.25. The predicted molar refractivity (Wildman–Crippen MR) is 71.2 cm³/mol. The first-order chi connectivity index (χ1) is 7.92. The van der Waals surface area contributed by atoms with E-state index in [1.807, 2.05) is 6.92 Å². The molecule has 1 aromatic carbocycles. The molecule has 0 aliphatic rings. The van der Waals surface area contributed by atoms with Gasteiger partial charge in [-0.3, -0.25) is 0 Å². The maximum Gasteiger partial charge on any atom is 0.244 e. The van der Waals surface area contributed by atoms with E-state index >= 15 is 0 Å². The van der Waals surface area contributed by atoms with E-state index in [0.717, 1.165) is 0 Å². The van der Waals surface area contributed by atoms with Gasteiger partial charge in [-0.2, -0.15) is 0 Å². The van der Waals surface area contributed by atoms with Gasteiger partial charge in [0, 0.05) is 11.6 Å². The number of benzene rings is 1. The van der Waals surface area contributed by atoms with Crippen molar-refractivity contribution in [2.45, 2.75) is 18.2 Å². The SMILES string of the molecule is CCCNS(=O)(=O)c1cc(Cl)cc(Br)c1OC. The molecule has 96 valence electrons. The van der Waals surface area contributed by atoms with Crippen molar-refractivity contribution in [2.75, 3.05) is 13.7 Å². The van der Waals surface area contributed by atoms with Crippen molar-refractivity contribution in [3.05, 3.63) is 21.6 Å². The fourth-order valence-electron chi connectivity index (χ4n) is 1.25. The number of rotatable bonds is 5. The molecular weight excluding hydrogens is 330 g/mol. The average Bonchev–Trinajstić information content (AvgIpc) is 2.25. The molecule has 0 aliphatic heterocycles. The van der Waals surface area contributed by atoms with Gasteiger partial charge in [0.2, 0.25) is 10.0 Å². The molecule has 0 heterocycles. The van der Waals surface area contributed by atoms with Gasteiger partial charge in [0.25, 0.3) is 0 Å². The van der Waals surface area contributed by atoms with E-state index in [1.54, 1.807) is 6.07 Å². The Bertz CT molecular complexity index is 505. The Morgan fingerprint density at radius 1 is 1.47 bits per heavy atom. The fraction of sp³-hybridized carbons (Fsp3) is 0.400. The zero-order chi connectivity index (χ0) is 13.1. The first-order valence-electron chi connectivity index (χ1n) is 4.95. The first kappa shape index (κ1) is 14.8. The van der Waals surface area contributed by atoms with Crippen molar-refractivity contribution in [3.8, 4) is 5.75 Å². The van der Waals surface area contributed by atoms with Crippen LogP contribution in [-0.4, -0.2) is 22.1 Å². The maximum atomic E-state index is 12.0. The number of ether oxygens (including phenoxy) is 1. The Hall–Kier alpha value is -0.300. The van der Waals surface area contributed by atoms with Gasteiger partial charge in [0.15, 0.2) is 5.75 Å². The normalized spacial score (nSPS) is 11.5. The van der Waals surface area contributed by atoms with Crippen LogP contribution in [0, 0.1) is 0 Å². The zero-order valence-corrected chi connectivity index (χ0v) is 12.6. The molecule has 0 fully saturated rings. The van der Waals surface area contributed by atoms with E-state index < -0.39 is 10.0 Å². The standard InChI is InChI=1S/C10H13BrClNO3S/c1-3-4-13-17(14,15)9-6-7(12)5-8(11)10(9)16-2/h5-6,13H,3-4H2,1-2H3. The zero-order valence-electron chi connectivity index (χ0n) is 9.46. The van der Waals surface area contributed by atoms with E-state index in [-0.39, 0.29) is 10.6 Å². The quantitative estimate of drug-likeness (QED) is 0.895. The summed E-state index contributed by atoms with van der Waals surface area (Å²) < 4.78 is 32.1. The third kappa shape index (κ3) is 3.58. The highest BCUT2D eigenvalue weighted by Gasteiger charge is 2.21. The second-order valence-electron chi connectivity index (χ2n) is 3.32. The molecule has 0 amide bonds. The molecule has 1 rings (SSSR count). The van der Waals surface area contributed by atoms with Crippen LogP contribution in [0.5, 0.6) is 5.75 Å². The molecule has 0 aliphatic carbocycles. The highest BCUT2D eigenvalue weighted by molar-refractivity contribution is 9.10. The Labute approximate surface area is 114 Å². The van der Waals surface area contributed by atoms with Gasteiger partial charge in [0.1, 0.15) is 4.90 Å². The second kappa shape index (κ2) is 6.04. The Morgan fingerprint density at radius 2 is 2.12 bits per heavy atom. The molecule has 0 radical (unpaired) electrons. The lowest BCUT2D eigenvalue weighted by atomic mass is 10.3. The molecule has 0 aromatic heterocycles. The Morgan fingerprint density at radius 3 is 2.65 bits per heavy atom. The first-order valence-corrected chi connectivity index (χ1v) is 7.60. The molecule has 0 atom stereocenters. The molecule has 7 heteroatoms. The molecule has 0 unspecified atom stereocenters. The van der Waals surface area contributed by atoms with E-state index in [0.29, 0.717) is 22.5 Å². The molecule has 0 spiro atoms. The smallest absolute Gasteiger partial charge is 0.244 e. The number of sulfonamides is 1. The second-order valence-corrected chi connectivity index (χ2v) is 6.34. The van der Waals surface area contributed by atoms with Crippen LogP contribution in [0.1, 0.15) is 13.3 Å². The van der Waals surface area contributed by atoms with Crippen molar-refractivity contribution in [1.29, 1.82) is 0 Å². The van der Waals surface area contributed by atoms with Crippen LogP contribution in [0.3, 0.4) is 0 Å². The van der Waals surface area contributed by atoms with E-state index in [2.05, 4.69) is 20.7 Å². The van der Waals surface area contributed by atoms with Crippen LogP contribution in [0.25, 0.3) is 0 Å². The summed E-state index contributed by atoms with van der Waals surface area (Å²) in [6, 6.07) is 2.95. The highest BCUT2D eigenvalue weighted by Crippen LogP contribution is 2.35. The van der Waals surface area contributed by atoms with E-state index in [4.69, 9.17) is 16.3 Å². The van der Waals surface area contributed by atoms with Gasteiger partial charge >= 0.3 is 0 Å². The topological polar surface area (TPSA) is 55.4 Å². The minimum absolute atomic E-state index is 0.0350. The summed E-state index contributed by atoms with van der Waals surface area (Å²) >= 11 is 9.06. The lowest BCUT2D eigenvalue weighted by Crippen LogP contribution is -2.25. The minimum atomic E-state index is -3.60. The molecule has 17 heavy (non-hydrogen) atoms.